The molecule has 1 aromatic carbocycles. The number of nitrogens with zero attached hydrogens (tertiary/aromatic N) is 3. The van der Waals surface area contributed by atoms with Crippen molar-refractivity contribution in [2.45, 2.75) is 49.8 Å². The minimum absolute atomic E-state index is 0.0736. The van der Waals surface area contributed by atoms with E-state index in [9.17, 15) is 13.2 Å². The Morgan fingerprint density at radius 2 is 1.90 bits per heavy atom. The van der Waals surface area contributed by atoms with E-state index in [1.165, 1.54) is 0 Å². The van der Waals surface area contributed by atoms with Crippen molar-refractivity contribution in [1.82, 2.24) is 19.8 Å². The first kappa shape index (κ1) is 21.8. The van der Waals surface area contributed by atoms with Gasteiger partial charge in [0.25, 0.3) is 5.22 Å². The second kappa shape index (κ2) is 9.27. The van der Waals surface area contributed by atoms with Crippen LogP contribution in [0.1, 0.15) is 33.6 Å². The van der Waals surface area contributed by atoms with E-state index in [4.69, 9.17) is 4.42 Å². The molecule has 8 nitrogen and oxygen atoms in total. The summed E-state index contributed by atoms with van der Waals surface area (Å²) >= 11 is 1.16. The first-order valence-electron chi connectivity index (χ1n) is 9.62. The first-order valence-corrected chi connectivity index (χ1v) is 12.0. The summed E-state index contributed by atoms with van der Waals surface area (Å²) in [5.74, 6) is 0.926. The van der Waals surface area contributed by atoms with E-state index in [-0.39, 0.29) is 33.7 Å². The lowest BCUT2D eigenvalue weighted by atomic mass is 10.0. The molecule has 158 valence electrons. The van der Waals surface area contributed by atoms with Crippen LogP contribution >= 0.6 is 11.8 Å². The highest BCUT2D eigenvalue weighted by molar-refractivity contribution is 7.99. The average molecular weight is 439 g/mol. The third kappa shape index (κ3) is 5.58. The minimum atomic E-state index is -3.49. The van der Waals surface area contributed by atoms with Gasteiger partial charge in [-0.25, -0.2) is 8.42 Å². The van der Waals surface area contributed by atoms with Gasteiger partial charge in [-0.05, 0) is 56.9 Å². The normalized spacial score (nSPS) is 16.3. The smallest absolute Gasteiger partial charge is 0.277 e. The number of nitrogens with one attached hydrogen (secondary N) is 1. The number of benzene rings is 1. The molecule has 1 aromatic heterocycles. The number of hydrogen-bond donors (Lipinski definition) is 1. The molecular formula is C19H26N4O4S2. The van der Waals surface area contributed by atoms with Crippen LogP contribution in [0.2, 0.25) is 0 Å². The number of hydrogen-bond acceptors (Lipinski definition) is 7. The number of thioether (sulfide) groups is 1. The average Bonchev–Trinajstić information content (AvgIpc) is 3.15. The highest BCUT2D eigenvalue weighted by Crippen LogP contribution is 2.27. The third-order valence-electron chi connectivity index (χ3n) is 4.66. The SMILES string of the molecule is CC1CCN(S(=O)(=O)c2ccc(-c3nnc(SCC(=O)NC(C)C)o3)cc2)CC1. The van der Waals surface area contributed by atoms with Crippen molar-refractivity contribution in [3.05, 3.63) is 24.3 Å². The maximum absolute atomic E-state index is 12.8. The zero-order chi connectivity index (χ0) is 21.0. The van der Waals surface area contributed by atoms with Crippen LogP contribution in [0, 0.1) is 5.92 Å². The van der Waals surface area contributed by atoms with E-state index in [2.05, 4.69) is 22.4 Å². The van der Waals surface area contributed by atoms with Gasteiger partial charge >= 0.3 is 0 Å². The number of sulfonamides is 1. The molecule has 0 aliphatic carbocycles. The van der Waals surface area contributed by atoms with Crippen LogP contribution in [0.25, 0.3) is 11.5 Å². The number of aromatic nitrogens is 2. The van der Waals surface area contributed by atoms with Crippen LogP contribution in [-0.4, -0.2) is 53.7 Å². The molecule has 0 spiro atoms. The lowest BCUT2D eigenvalue weighted by molar-refractivity contribution is -0.119. The molecule has 1 amide bonds. The molecule has 0 saturated carbocycles. The summed E-state index contributed by atoms with van der Waals surface area (Å²) in [6, 6.07) is 6.52. The lowest BCUT2D eigenvalue weighted by Crippen LogP contribution is -2.37. The molecule has 3 rings (SSSR count). The summed E-state index contributed by atoms with van der Waals surface area (Å²) in [6.07, 6.45) is 1.77. The van der Waals surface area contributed by atoms with Crippen molar-refractivity contribution >= 4 is 27.7 Å². The number of rotatable bonds is 7. The van der Waals surface area contributed by atoms with Crippen molar-refractivity contribution in [3.8, 4) is 11.5 Å². The quantitative estimate of drug-likeness (QED) is 0.663. The molecule has 1 fully saturated rings. The van der Waals surface area contributed by atoms with Crippen LogP contribution in [0.3, 0.4) is 0 Å². The molecule has 2 heterocycles. The monoisotopic (exact) mass is 438 g/mol. The van der Waals surface area contributed by atoms with E-state index in [1.807, 2.05) is 13.8 Å². The van der Waals surface area contributed by atoms with Crippen LogP contribution < -0.4 is 5.32 Å². The topological polar surface area (TPSA) is 105 Å². The van der Waals surface area contributed by atoms with Gasteiger partial charge in [-0.3, -0.25) is 4.79 Å². The van der Waals surface area contributed by atoms with Gasteiger partial charge in [-0.1, -0.05) is 18.7 Å². The zero-order valence-electron chi connectivity index (χ0n) is 16.8. The lowest BCUT2D eigenvalue weighted by Gasteiger charge is -2.29. The molecule has 29 heavy (non-hydrogen) atoms. The zero-order valence-corrected chi connectivity index (χ0v) is 18.4. The van der Waals surface area contributed by atoms with Crippen LogP contribution in [-0.2, 0) is 14.8 Å². The van der Waals surface area contributed by atoms with Gasteiger partial charge in [0.1, 0.15) is 0 Å². The van der Waals surface area contributed by atoms with E-state index in [0.717, 1.165) is 24.6 Å². The molecule has 0 bridgehead atoms. The van der Waals surface area contributed by atoms with E-state index >= 15 is 0 Å². The molecule has 1 aliphatic rings. The highest BCUT2D eigenvalue weighted by Gasteiger charge is 2.28. The van der Waals surface area contributed by atoms with Crippen LogP contribution in [0.15, 0.2) is 38.8 Å². The van der Waals surface area contributed by atoms with Gasteiger partial charge < -0.3 is 9.73 Å². The maximum atomic E-state index is 12.8. The van der Waals surface area contributed by atoms with Gasteiger partial charge in [-0.15, -0.1) is 10.2 Å². The number of carbonyl (C=O) groups is 1. The predicted molar refractivity (Wildman–Crippen MR) is 111 cm³/mol. The van der Waals surface area contributed by atoms with Crippen molar-refractivity contribution in [1.29, 1.82) is 0 Å². The number of amides is 1. The van der Waals surface area contributed by atoms with E-state index in [0.29, 0.717) is 24.6 Å². The fraction of sp³-hybridized carbons (Fsp3) is 0.526. The molecule has 0 atom stereocenters. The van der Waals surface area contributed by atoms with Crippen LogP contribution in [0.4, 0.5) is 0 Å². The summed E-state index contributed by atoms with van der Waals surface area (Å²) in [5, 5.41) is 11.0. The molecule has 10 heteroatoms. The number of piperidine rings is 1. The van der Waals surface area contributed by atoms with Crippen molar-refractivity contribution in [2.75, 3.05) is 18.8 Å². The Balaban J connectivity index is 1.65. The Hall–Kier alpha value is -1.91. The third-order valence-corrected chi connectivity index (χ3v) is 7.40. The minimum Gasteiger partial charge on any atom is -0.411 e. The Labute approximate surface area is 175 Å². The second-order valence-corrected chi connectivity index (χ2v) is 10.4. The molecule has 0 radical (unpaired) electrons. The molecule has 1 saturated heterocycles. The van der Waals surface area contributed by atoms with Crippen LogP contribution in [0.5, 0.6) is 0 Å². The fourth-order valence-electron chi connectivity index (χ4n) is 3.02. The molecule has 2 aromatic rings. The van der Waals surface area contributed by atoms with Crippen molar-refractivity contribution in [3.63, 3.8) is 0 Å². The Bertz CT molecular complexity index is 933. The summed E-state index contributed by atoms with van der Waals surface area (Å²) in [4.78, 5) is 12.0. The van der Waals surface area contributed by atoms with E-state index in [1.54, 1.807) is 28.6 Å². The Morgan fingerprint density at radius 1 is 1.24 bits per heavy atom. The molecular weight excluding hydrogens is 412 g/mol. The fourth-order valence-corrected chi connectivity index (χ4v) is 5.06. The predicted octanol–water partition coefficient (Wildman–Crippen LogP) is 2.77. The van der Waals surface area contributed by atoms with Gasteiger partial charge in [0.2, 0.25) is 21.8 Å². The highest BCUT2D eigenvalue weighted by atomic mass is 32.2. The largest absolute Gasteiger partial charge is 0.411 e. The first-order chi connectivity index (χ1) is 13.8. The van der Waals surface area contributed by atoms with Crippen molar-refractivity contribution in [2.24, 2.45) is 5.92 Å². The van der Waals surface area contributed by atoms with Gasteiger partial charge in [0, 0.05) is 24.7 Å². The van der Waals surface area contributed by atoms with Gasteiger partial charge in [-0.2, -0.15) is 4.31 Å². The Morgan fingerprint density at radius 3 is 2.52 bits per heavy atom. The summed E-state index contributed by atoms with van der Waals surface area (Å²) in [6.45, 7) is 7.04. The van der Waals surface area contributed by atoms with E-state index < -0.39 is 10.0 Å². The maximum Gasteiger partial charge on any atom is 0.277 e. The summed E-state index contributed by atoms with van der Waals surface area (Å²) < 4.78 is 32.7. The Kier molecular flexibility index (Phi) is 6.97. The summed E-state index contributed by atoms with van der Waals surface area (Å²) in [5.41, 5.74) is 0.627. The standard InChI is InChI=1S/C19H26N4O4S2/c1-13(2)20-17(24)12-28-19-22-21-18(27-19)15-4-6-16(7-5-15)29(25,26)23-10-8-14(3)9-11-23/h4-7,13-14H,8-12H2,1-3H3,(H,20,24). The van der Waals surface area contributed by atoms with Gasteiger partial charge in [0.05, 0.1) is 10.6 Å². The molecule has 1 aliphatic heterocycles. The second-order valence-electron chi connectivity index (χ2n) is 7.49. The molecule has 0 unspecified atom stereocenters. The van der Waals surface area contributed by atoms with Crippen molar-refractivity contribution < 1.29 is 17.6 Å². The van der Waals surface area contributed by atoms with Gasteiger partial charge in [0.15, 0.2) is 0 Å². The number of carbonyl (C=O) groups excluding carboxylic acids is 1. The molecule has 1 N–H and O–H groups in total. The summed E-state index contributed by atoms with van der Waals surface area (Å²) in [7, 11) is -3.49.